The molecule has 11 heteroatoms. The molecule has 0 aliphatic carbocycles. The van der Waals surface area contributed by atoms with E-state index in [0.717, 1.165) is 0 Å². The number of halogens is 2. The van der Waals surface area contributed by atoms with Crippen LogP contribution in [0.2, 0.25) is 0 Å². The number of nitrogens with zero attached hydrogens (tertiary/aromatic N) is 1. The van der Waals surface area contributed by atoms with Crippen molar-refractivity contribution < 1.29 is 36.5 Å². The Morgan fingerprint density at radius 2 is 1.68 bits per heavy atom. The zero-order valence-electron chi connectivity index (χ0n) is 18.3. The Bertz CT molecular complexity index is 1410. The number of allylic oxidation sites excluding steroid dienone is 1. The number of benzene rings is 3. The number of nitrogens with two attached hydrogens (primary N) is 2. The third-order valence-corrected chi connectivity index (χ3v) is 6.70. The van der Waals surface area contributed by atoms with Gasteiger partial charge in [0.1, 0.15) is 0 Å². The summed E-state index contributed by atoms with van der Waals surface area (Å²) in [4.78, 5) is 12.5. The molecular formula is C23H19FILiN4O3S. The average Bonchev–Trinajstić information content (AvgIpc) is 2.78. The maximum Gasteiger partial charge on any atom is 1.00 e. The molecule has 1 amide bonds. The van der Waals surface area contributed by atoms with E-state index in [4.69, 9.17) is 10.9 Å². The number of sulfonamides is 1. The molecule has 0 heterocycles. The van der Waals surface area contributed by atoms with E-state index in [1.807, 2.05) is 22.6 Å². The number of primary sulfonamides is 1. The molecule has 0 aliphatic rings. The molecule has 0 saturated heterocycles. The van der Waals surface area contributed by atoms with Crippen LogP contribution in [0.4, 0.5) is 10.1 Å². The van der Waals surface area contributed by atoms with Gasteiger partial charge in [-0.05, 0) is 76.0 Å². The fourth-order valence-corrected chi connectivity index (χ4v) is 4.53. The zero-order valence-corrected chi connectivity index (χ0v) is 21.3. The van der Waals surface area contributed by atoms with E-state index >= 15 is 0 Å². The first-order valence-electron chi connectivity index (χ1n) is 9.50. The smallest absolute Gasteiger partial charge is 0.494 e. The number of rotatable bonds is 6. The van der Waals surface area contributed by atoms with Gasteiger partial charge >= 0.3 is 18.9 Å². The van der Waals surface area contributed by atoms with Crippen molar-refractivity contribution in [1.82, 2.24) is 0 Å². The normalized spacial score (nSPS) is 11.8. The van der Waals surface area contributed by atoms with Crippen molar-refractivity contribution in [2.45, 2.75) is 11.8 Å². The Labute approximate surface area is 222 Å². The second-order valence-corrected chi connectivity index (χ2v) is 9.79. The topological polar surface area (TPSA) is 138 Å². The van der Waals surface area contributed by atoms with Crippen LogP contribution < -0.4 is 35.1 Å². The summed E-state index contributed by atoms with van der Waals surface area (Å²) >= 11 is 1.96. The van der Waals surface area contributed by atoms with Crippen molar-refractivity contribution in [3.63, 3.8) is 0 Å². The van der Waals surface area contributed by atoms with Crippen molar-refractivity contribution in [2.24, 2.45) is 10.9 Å². The minimum Gasteiger partial charge on any atom is -0.494 e. The van der Waals surface area contributed by atoms with Crippen LogP contribution in [-0.2, 0) is 14.8 Å². The quantitative estimate of drug-likeness (QED) is 0.132. The van der Waals surface area contributed by atoms with Gasteiger partial charge in [-0.1, -0.05) is 48.3 Å². The van der Waals surface area contributed by atoms with Gasteiger partial charge in [0.25, 0.3) is 5.91 Å². The largest absolute Gasteiger partial charge is 1.00 e. The van der Waals surface area contributed by atoms with Crippen LogP contribution in [-0.4, -0.2) is 20.2 Å². The van der Waals surface area contributed by atoms with Crippen LogP contribution in [0.15, 0.2) is 77.5 Å². The molecule has 0 radical (unpaired) electrons. The van der Waals surface area contributed by atoms with Gasteiger partial charge in [-0.2, -0.15) is 0 Å². The molecule has 3 rings (SSSR count). The summed E-state index contributed by atoms with van der Waals surface area (Å²) in [6.45, 7) is 1.44. The fraction of sp³-hybridized carbons (Fsp3) is 0.0435. The van der Waals surface area contributed by atoms with E-state index < -0.39 is 27.6 Å². The predicted octanol–water partition coefficient (Wildman–Crippen LogP) is 1.22. The first-order valence-corrected chi connectivity index (χ1v) is 12.1. The molecule has 3 aromatic carbocycles. The minimum absolute atomic E-state index is 0. The Kier molecular flexibility index (Phi) is 9.21. The molecule has 0 unspecified atom stereocenters. The van der Waals surface area contributed by atoms with Crippen LogP contribution >= 0.6 is 22.6 Å². The summed E-state index contributed by atoms with van der Waals surface area (Å²) in [5.74, 6) is -2.36. The third-order valence-electron chi connectivity index (χ3n) is 4.84. The number of carbonyl (C=O) groups is 1. The first kappa shape index (κ1) is 27.7. The van der Waals surface area contributed by atoms with Crippen molar-refractivity contribution >= 4 is 55.6 Å². The zero-order chi connectivity index (χ0) is 24.3. The number of hydrogen-bond acceptors (Lipinski definition) is 3. The van der Waals surface area contributed by atoms with E-state index in [1.54, 1.807) is 54.6 Å². The minimum atomic E-state index is -3.93. The van der Waals surface area contributed by atoms with E-state index in [-0.39, 0.29) is 29.3 Å². The predicted molar refractivity (Wildman–Crippen MR) is 136 cm³/mol. The summed E-state index contributed by atoms with van der Waals surface area (Å²) in [6, 6.07) is 17.3. The van der Waals surface area contributed by atoms with Crippen LogP contribution in [0.1, 0.15) is 18.1 Å². The number of hydrogen-bond donors (Lipinski definition) is 3. The van der Waals surface area contributed by atoms with Crippen molar-refractivity contribution in [2.75, 3.05) is 5.32 Å². The Balaban J connectivity index is 0.00000408. The third kappa shape index (κ3) is 6.34. The summed E-state index contributed by atoms with van der Waals surface area (Å²) in [7, 11) is -3.93. The Hall–Kier alpha value is -2.49. The van der Waals surface area contributed by atoms with E-state index in [0.29, 0.717) is 31.5 Å². The second-order valence-electron chi connectivity index (χ2n) is 7.09. The summed E-state index contributed by atoms with van der Waals surface area (Å²) in [6.07, 6.45) is 0. The summed E-state index contributed by atoms with van der Waals surface area (Å²) in [5.41, 5.74) is 7.48. The molecule has 170 valence electrons. The molecule has 5 N–H and O–H groups in total. The monoisotopic (exact) mass is 584 g/mol. The molecule has 0 atom stereocenters. The molecule has 0 fully saturated rings. The van der Waals surface area contributed by atoms with Crippen LogP contribution in [0.25, 0.3) is 22.1 Å². The summed E-state index contributed by atoms with van der Waals surface area (Å²) < 4.78 is 39.2. The van der Waals surface area contributed by atoms with Gasteiger partial charge < -0.3 is 16.5 Å². The van der Waals surface area contributed by atoms with Gasteiger partial charge in [-0.15, -0.1) is 0 Å². The van der Waals surface area contributed by atoms with Gasteiger partial charge in [-0.25, -0.2) is 17.9 Å². The van der Waals surface area contributed by atoms with Crippen LogP contribution in [0, 0.1) is 3.57 Å². The Morgan fingerprint density at radius 1 is 1.03 bits per heavy atom. The SMILES string of the molecule is C/C(=C(\F)C(=O)Nc1ccc(-c2ccccc2S(N)(=O)=O)cc1I)c1cccc(C(=[N-])N)c1.[Li+]. The standard InChI is InChI=1S/C23H19FIN4O3S.Li/c1-13(14-5-4-6-16(11-14)22(26)27)21(24)23(30)29-19-10-9-15(12-18(19)25)17-7-2-3-8-20(17)33(28,31)32;/h2-12H,1H3,(H5-,26,27,28,29,30,31,32);/q-1;+1/b21-13+;. The van der Waals surface area contributed by atoms with Crippen molar-refractivity contribution in [1.29, 1.82) is 0 Å². The van der Waals surface area contributed by atoms with E-state index in [1.165, 1.54) is 19.1 Å². The van der Waals surface area contributed by atoms with Crippen molar-refractivity contribution in [3.05, 3.63) is 92.7 Å². The average molecular weight is 584 g/mol. The fourth-order valence-electron chi connectivity index (χ4n) is 3.12. The Morgan fingerprint density at radius 3 is 2.29 bits per heavy atom. The number of carbonyl (C=O) groups excluding carboxylic acids is 1. The van der Waals surface area contributed by atoms with Crippen LogP contribution in [0.3, 0.4) is 0 Å². The molecular weight excluding hydrogens is 565 g/mol. The summed E-state index contributed by atoms with van der Waals surface area (Å²) in [5, 5.41) is 17.3. The van der Waals surface area contributed by atoms with Gasteiger partial charge in [0.2, 0.25) is 10.0 Å². The second kappa shape index (κ2) is 11.3. The number of amides is 1. The molecule has 0 bridgehead atoms. The van der Waals surface area contributed by atoms with Crippen molar-refractivity contribution in [3.8, 4) is 11.1 Å². The first-order chi connectivity index (χ1) is 15.5. The van der Waals surface area contributed by atoms with E-state index in [2.05, 4.69) is 5.32 Å². The van der Waals surface area contributed by atoms with Gasteiger partial charge in [0.05, 0.1) is 10.6 Å². The molecule has 0 aliphatic heterocycles. The molecule has 3 aromatic rings. The van der Waals surface area contributed by atoms with Gasteiger partial charge in [-0.3, -0.25) is 4.79 Å². The maximum atomic E-state index is 14.8. The van der Waals surface area contributed by atoms with E-state index in [9.17, 15) is 23.0 Å². The number of nitrogens with one attached hydrogen (secondary N) is 1. The van der Waals surface area contributed by atoms with Gasteiger partial charge in [0.15, 0.2) is 5.83 Å². The van der Waals surface area contributed by atoms with Crippen LogP contribution in [0.5, 0.6) is 0 Å². The molecule has 0 spiro atoms. The molecule has 0 aromatic heterocycles. The molecule has 7 nitrogen and oxygen atoms in total. The number of anilines is 1. The maximum absolute atomic E-state index is 14.8. The number of amidine groups is 1. The van der Waals surface area contributed by atoms with Gasteiger partial charge in [0, 0.05) is 9.13 Å². The molecule has 34 heavy (non-hydrogen) atoms. The molecule has 0 saturated carbocycles.